The van der Waals surface area contributed by atoms with Gasteiger partial charge in [-0.2, -0.15) is 8.78 Å². The fourth-order valence-electron chi connectivity index (χ4n) is 4.19. The SMILES string of the molecule is CC(C)[C@H](NC(=O)C(=O)NC(c1ccccc1)c1ccccc1)C(=O)N[C@@H](CC(=O)O)C(=O)COc1c(F)c(F)cc(F)c1F. The first kappa shape index (κ1) is 34.2. The summed E-state index contributed by atoms with van der Waals surface area (Å²) in [5.74, 6) is -15.9. The van der Waals surface area contributed by atoms with E-state index in [4.69, 9.17) is 0 Å². The number of hydrogen-bond acceptors (Lipinski definition) is 6. The normalized spacial score (nSPS) is 12.3. The summed E-state index contributed by atoms with van der Waals surface area (Å²) in [4.78, 5) is 63.1. The predicted molar refractivity (Wildman–Crippen MR) is 151 cm³/mol. The number of amides is 3. The Hall–Kier alpha value is -5.27. The predicted octanol–water partition coefficient (Wildman–Crippen LogP) is 3.20. The molecule has 0 saturated heterocycles. The van der Waals surface area contributed by atoms with Crippen LogP contribution in [0.2, 0.25) is 0 Å². The lowest BCUT2D eigenvalue weighted by molar-refractivity contribution is -0.142. The van der Waals surface area contributed by atoms with Gasteiger partial charge < -0.3 is 25.8 Å². The van der Waals surface area contributed by atoms with Crippen molar-refractivity contribution >= 4 is 29.5 Å². The summed E-state index contributed by atoms with van der Waals surface area (Å²) in [7, 11) is 0. The van der Waals surface area contributed by atoms with Gasteiger partial charge in [-0.05, 0) is 17.0 Å². The van der Waals surface area contributed by atoms with Crippen LogP contribution in [0.5, 0.6) is 5.75 Å². The number of rotatable bonds is 13. The summed E-state index contributed by atoms with van der Waals surface area (Å²) >= 11 is 0. The van der Waals surface area contributed by atoms with E-state index in [-0.39, 0.29) is 6.07 Å². The van der Waals surface area contributed by atoms with Crippen LogP contribution < -0.4 is 20.7 Å². The number of carbonyl (C=O) groups is 5. The van der Waals surface area contributed by atoms with Gasteiger partial charge in [0.25, 0.3) is 0 Å². The first-order valence-electron chi connectivity index (χ1n) is 13.5. The number of carboxylic acid groups (broad SMARTS) is 1. The number of ketones is 1. The summed E-state index contributed by atoms with van der Waals surface area (Å²) in [5, 5.41) is 16.3. The molecule has 45 heavy (non-hydrogen) atoms. The highest BCUT2D eigenvalue weighted by Crippen LogP contribution is 2.26. The number of hydrogen-bond donors (Lipinski definition) is 4. The highest BCUT2D eigenvalue weighted by molar-refractivity contribution is 6.35. The van der Waals surface area contributed by atoms with E-state index in [0.717, 1.165) is 0 Å². The second-order valence-electron chi connectivity index (χ2n) is 10.1. The Morgan fingerprint density at radius 3 is 1.71 bits per heavy atom. The molecule has 0 saturated carbocycles. The van der Waals surface area contributed by atoms with Crippen molar-refractivity contribution in [3.05, 3.63) is 101 Å². The van der Waals surface area contributed by atoms with Gasteiger partial charge in [0.05, 0.1) is 12.5 Å². The van der Waals surface area contributed by atoms with Crippen molar-refractivity contribution < 1.29 is 51.4 Å². The van der Waals surface area contributed by atoms with E-state index in [1.165, 1.54) is 13.8 Å². The van der Waals surface area contributed by atoms with Gasteiger partial charge in [-0.15, -0.1) is 0 Å². The number of ether oxygens (including phenoxy) is 1. The van der Waals surface area contributed by atoms with Gasteiger partial charge in [0.2, 0.25) is 17.5 Å². The van der Waals surface area contributed by atoms with Crippen molar-refractivity contribution in [3.8, 4) is 5.75 Å². The molecule has 0 aliphatic heterocycles. The van der Waals surface area contributed by atoms with Gasteiger partial charge in [-0.25, -0.2) is 8.78 Å². The summed E-state index contributed by atoms with van der Waals surface area (Å²) in [6.07, 6.45) is -1.02. The molecule has 0 aliphatic carbocycles. The van der Waals surface area contributed by atoms with Crippen LogP contribution in [0, 0.1) is 29.2 Å². The van der Waals surface area contributed by atoms with Gasteiger partial charge >= 0.3 is 17.8 Å². The van der Waals surface area contributed by atoms with Gasteiger partial charge in [0.15, 0.2) is 23.2 Å². The molecule has 0 aromatic heterocycles. The third kappa shape index (κ3) is 9.11. The topological polar surface area (TPSA) is 151 Å². The fourth-order valence-corrected chi connectivity index (χ4v) is 4.19. The maximum absolute atomic E-state index is 13.9. The number of Topliss-reactive ketones (excluding diaryl/α,β-unsaturated/α-hetero) is 1. The molecular formula is C31H29F4N3O7. The molecule has 3 rings (SSSR count). The quantitative estimate of drug-likeness (QED) is 0.129. The molecule has 4 N–H and O–H groups in total. The lowest BCUT2D eigenvalue weighted by Crippen LogP contribution is -2.56. The van der Waals surface area contributed by atoms with Crippen molar-refractivity contribution in [2.45, 2.75) is 38.4 Å². The van der Waals surface area contributed by atoms with Crippen LogP contribution in [0.25, 0.3) is 0 Å². The number of carboxylic acids is 1. The van der Waals surface area contributed by atoms with E-state index in [9.17, 15) is 46.6 Å². The number of benzene rings is 3. The molecule has 3 aromatic rings. The molecule has 0 spiro atoms. The Morgan fingerprint density at radius 2 is 1.24 bits per heavy atom. The molecule has 14 heteroatoms. The zero-order valence-electron chi connectivity index (χ0n) is 24.0. The van der Waals surface area contributed by atoms with Crippen molar-refractivity contribution in [1.29, 1.82) is 0 Å². The standard InChI is InChI=1S/C31H29F4N3O7/c1-16(2)26(37-30(43)31(44)38-27(17-9-5-3-6-10-17)18-11-7-4-8-12-18)29(42)36-21(14-23(40)41)22(39)15-45-28-24(34)19(32)13-20(33)25(28)35/h3-13,16,21,26-27H,14-15H2,1-2H3,(H,36,42)(H,37,43)(H,38,44)(H,40,41)/t21-,26-/m0/s1. The van der Waals surface area contributed by atoms with Crippen LogP contribution in [0.4, 0.5) is 17.6 Å². The van der Waals surface area contributed by atoms with E-state index in [2.05, 4.69) is 20.7 Å². The Labute approximate surface area is 254 Å². The van der Waals surface area contributed by atoms with E-state index < -0.39 is 95.6 Å². The van der Waals surface area contributed by atoms with E-state index in [1.807, 2.05) is 0 Å². The number of nitrogens with one attached hydrogen (secondary N) is 3. The molecule has 0 radical (unpaired) electrons. The first-order chi connectivity index (χ1) is 21.3. The summed E-state index contributed by atoms with van der Waals surface area (Å²) < 4.78 is 59.4. The lowest BCUT2D eigenvalue weighted by Gasteiger charge is -2.25. The van der Waals surface area contributed by atoms with Gasteiger partial charge in [-0.3, -0.25) is 24.0 Å². The maximum Gasteiger partial charge on any atom is 0.310 e. The minimum atomic E-state index is -1.93. The third-order valence-corrected chi connectivity index (χ3v) is 6.50. The molecule has 0 fully saturated rings. The first-order valence-corrected chi connectivity index (χ1v) is 13.5. The van der Waals surface area contributed by atoms with Crippen LogP contribution in [0.3, 0.4) is 0 Å². The lowest BCUT2D eigenvalue weighted by atomic mass is 9.98. The van der Waals surface area contributed by atoms with Crippen molar-refractivity contribution in [3.63, 3.8) is 0 Å². The molecule has 3 aromatic carbocycles. The monoisotopic (exact) mass is 631 g/mol. The average Bonchev–Trinajstić information content (AvgIpc) is 3.01. The molecule has 10 nitrogen and oxygen atoms in total. The van der Waals surface area contributed by atoms with Gasteiger partial charge in [0.1, 0.15) is 18.7 Å². The maximum atomic E-state index is 13.9. The summed E-state index contributed by atoms with van der Waals surface area (Å²) in [6.45, 7) is 1.72. The highest BCUT2D eigenvalue weighted by Gasteiger charge is 2.33. The van der Waals surface area contributed by atoms with Crippen LogP contribution in [0.15, 0.2) is 66.7 Å². The molecule has 0 heterocycles. The van der Waals surface area contributed by atoms with Crippen LogP contribution in [-0.4, -0.2) is 53.3 Å². The Bertz CT molecular complexity index is 1490. The van der Waals surface area contributed by atoms with E-state index >= 15 is 0 Å². The summed E-state index contributed by atoms with van der Waals surface area (Å²) in [6, 6.07) is 13.4. The van der Waals surface area contributed by atoms with Gasteiger partial charge in [0, 0.05) is 6.07 Å². The highest BCUT2D eigenvalue weighted by atomic mass is 19.2. The molecule has 238 valence electrons. The van der Waals surface area contributed by atoms with Crippen molar-refractivity contribution in [2.75, 3.05) is 6.61 Å². The fraction of sp³-hybridized carbons (Fsp3) is 0.258. The van der Waals surface area contributed by atoms with Crippen molar-refractivity contribution in [1.82, 2.24) is 16.0 Å². The number of halogens is 4. The third-order valence-electron chi connectivity index (χ3n) is 6.50. The second-order valence-corrected chi connectivity index (χ2v) is 10.1. The second kappa shape index (κ2) is 15.5. The number of carbonyl (C=O) groups excluding carboxylic acids is 4. The van der Waals surface area contributed by atoms with Crippen molar-refractivity contribution in [2.24, 2.45) is 5.92 Å². The molecule has 0 bridgehead atoms. The van der Waals surface area contributed by atoms with E-state index in [0.29, 0.717) is 11.1 Å². The molecule has 2 atom stereocenters. The van der Waals surface area contributed by atoms with Crippen LogP contribution in [-0.2, 0) is 24.0 Å². The minimum Gasteiger partial charge on any atom is -0.481 e. The van der Waals surface area contributed by atoms with Crippen LogP contribution in [0.1, 0.15) is 37.4 Å². The zero-order valence-corrected chi connectivity index (χ0v) is 24.0. The Morgan fingerprint density at radius 1 is 0.756 bits per heavy atom. The molecule has 0 aliphatic rings. The Kier molecular flexibility index (Phi) is 11.8. The molecular weight excluding hydrogens is 602 g/mol. The average molecular weight is 632 g/mol. The largest absolute Gasteiger partial charge is 0.481 e. The van der Waals surface area contributed by atoms with E-state index in [1.54, 1.807) is 60.7 Å². The smallest absolute Gasteiger partial charge is 0.310 e. The minimum absolute atomic E-state index is 0.0725. The number of aliphatic carboxylic acids is 1. The molecule has 0 unspecified atom stereocenters. The van der Waals surface area contributed by atoms with Gasteiger partial charge in [-0.1, -0.05) is 74.5 Å². The molecule has 3 amide bonds. The van der Waals surface area contributed by atoms with Crippen LogP contribution >= 0.6 is 0 Å². The zero-order chi connectivity index (χ0) is 33.3. The Balaban J connectivity index is 1.72. The summed E-state index contributed by atoms with van der Waals surface area (Å²) in [5.41, 5.74) is 1.34.